The van der Waals surface area contributed by atoms with Gasteiger partial charge < -0.3 is 25.5 Å². The predicted octanol–water partition coefficient (Wildman–Crippen LogP) is 7.60. The SMILES string of the molecule is CC(C)CNC(=O)c1ccc(-c2cc3c(cc2C(=O)Nc2ccc4[nH]ccc4c2Br)-c2sccc2CCO3)c(C(=O)O)c1. The molecule has 43 heavy (non-hydrogen) atoms. The summed E-state index contributed by atoms with van der Waals surface area (Å²) in [5, 5.41) is 19.0. The van der Waals surface area contributed by atoms with E-state index in [1.807, 2.05) is 37.6 Å². The van der Waals surface area contributed by atoms with Crippen molar-refractivity contribution in [3.8, 4) is 27.3 Å². The molecule has 2 aromatic heterocycles. The van der Waals surface area contributed by atoms with Gasteiger partial charge in [0.15, 0.2) is 0 Å². The van der Waals surface area contributed by atoms with E-state index < -0.39 is 11.9 Å². The minimum absolute atomic E-state index is 0.0912. The van der Waals surface area contributed by atoms with Crippen LogP contribution >= 0.6 is 27.3 Å². The van der Waals surface area contributed by atoms with Gasteiger partial charge in [-0.15, -0.1) is 11.3 Å². The third kappa shape index (κ3) is 5.55. The molecule has 0 saturated heterocycles. The van der Waals surface area contributed by atoms with Crippen molar-refractivity contribution >= 4 is 61.6 Å². The minimum Gasteiger partial charge on any atom is -0.493 e. The Morgan fingerprint density at radius 2 is 1.84 bits per heavy atom. The molecule has 0 atom stereocenters. The summed E-state index contributed by atoms with van der Waals surface area (Å²) in [6.07, 6.45) is 2.54. The van der Waals surface area contributed by atoms with Gasteiger partial charge in [0.2, 0.25) is 0 Å². The Bertz CT molecular complexity index is 1910. The second-order valence-electron chi connectivity index (χ2n) is 10.8. The highest BCUT2D eigenvalue weighted by Gasteiger charge is 2.26. The summed E-state index contributed by atoms with van der Waals surface area (Å²) in [5.41, 5.74) is 4.51. The van der Waals surface area contributed by atoms with Gasteiger partial charge >= 0.3 is 5.97 Å². The van der Waals surface area contributed by atoms with E-state index in [0.29, 0.717) is 42.1 Å². The van der Waals surface area contributed by atoms with E-state index in [0.717, 1.165) is 31.4 Å². The van der Waals surface area contributed by atoms with Gasteiger partial charge in [0.05, 0.1) is 22.3 Å². The van der Waals surface area contributed by atoms with Crippen molar-refractivity contribution in [1.82, 2.24) is 10.3 Å². The first-order valence-electron chi connectivity index (χ1n) is 13.8. The number of aromatic amines is 1. The molecule has 6 rings (SSSR count). The number of carboxylic acids is 1. The molecule has 0 fully saturated rings. The smallest absolute Gasteiger partial charge is 0.336 e. The number of thiophene rings is 1. The molecule has 5 aromatic rings. The highest BCUT2D eigenvalue weighted by molar-refractivity contribution is 9.10. The summed E-state index contributed by atoms with van der Waals surface area (Å²) in [6.45, 7) is 4.87. The maximum absolute atomic E-state index is 14.1. The molecule has 0 saturated carbocycles. The molecule has 0 radical (unpaired) electrons. The second-order valence-corrected chi connectivity index (χ2v) is 12.5. The third-order valence-electron chi connectivity index (χ3n) is 7.37. The van der Waals surface area contributed by atoms with Crippen LogP contribution in [-0.2, 0) is 6.42 Å². The number of ether oxygens (including phenoxy) is 1. The van der Waals surface area contributed by atoms with Crippen LogP contribution in [-0.4, -0.2) is 41.0 Å². The topological polar surface area (TPSA) is 121 Å². The van der Waals surface area contributed by atoms with E-state index in [1.165, 1.54) is 6.07 Å². The number of hydrogen-bond donors (Lipinski definition) is 4. The summed E-state index contributed by atoms with van der Waals surface area (Å²) in [7, 11) is 0. The molecule has 1 aliphatic rings. The largest absolute Gasteiger partial charge is 0.493 e. The van der Waals surface area contributed by atoms with Crippen LogP contribution in [0.15, 0.2) is 70.6 Å². The van der Waals surface area contributed by atoms with Gasteiger partial charge in [-0.2, -0.15) is 0 Å². The highest BCUT2D eigenvalue weighted by atomic mass is 79.9. The molecular weight excluding hydrogens is 630 g/mol. The zero-order valence-corrected chi connectivity index (χ0v) is 25.8. The number of H-pyrrole nitrogens is 1. The standard InChI is InChI=1S/C33H28BrN3O5S/c1-17(2)16-36-31(38)19-3-4-20(24(13-19)33(40)41)22-15-28-25(30-18(8-11-42-28)9-12-43-30)14-23(22)32(39)37-27-6-5-26-21(29(27)34)7-10-35-26/h3-7,9-10,12-15,17,35H,8,11,16H2,1-2H3,(H,36,38)(H,37,39)(H,40,41). The lowest BCUT2D eigenvalue weighted by Gasteiger charge is -2.18. The number of halogens is 1. The van der Waals surface area contributed by atoms with Crippen molar-refractivity contribution in [2.24, 2.45) is 5.92 Å². The number of carboxylic acid groups (broad SMARTS) is 1. The number of carbonyl (C=O) groups excluding carboxylic acids is 2. The van der Waals surface area contributed by atoms with E-state index in [1.54, 1.807) is 41.7 Å². The molecule has 0 bridgehead atoms. The molecule has 10 heteroatoms. The predicted molar refractivity (Wildman–Crippen MR) is 172 cm³/mol. The molecule has 8 nitrogen and oxygen atoms in total. The fraction of sp³-hybridized carbons (Fsp3) is 0.182. The number of benzene rings is 3. The number of anilines is 1. The first-order chi connectivity index (χ1) is 20.7. The molecule has 0 unspecified atom stereocenters. The van der Waals surface area contributed by atoms with Crippen LogP contribution in [0.1, 0.15) is 50.5 Å². The Morgan fingerprint density at radius 1 is 1.00 bits per heavy atom. The van der Waals surface area contributed by atoms with Gasteiger partial charge in [-0.05, 0) is 92.4 Å². The summed E-state index contributed by atoms with van der Waals surface area (Å²) in [5.74, 6) is -1.17. The molecule has 2 amide bonds. The average Bonchev–Trinajstić information content (AvgIpc) is 3.64. The van der Waals surface area contributed by atoms with Crippen LogP contribution < -0.4 is 15.4 Å². The monoisotopic (exact) mass is 657 g/mol. The molecule has 1 aliphatic heterocycles. The van der Waals surface area contributed by atoms with E-state index in [2.05, 4.69) is 37.6 Å². The van der Waals surface area contributed by atoms with E-state index in [4.69, 9.17) is 4.74 Å². The van der Waals surface area contributed by atoms with Crippen molar-refractivity contribution in [2.75, 3.05) is 18.5 Å². The summed E-state index contributed by atoms with van der Waals surface area (Å²) in [6, 6.07) is 15.7. The van der Waals surface area contributed by atoms with Crippen molar-refractivity contribution in [2.45, 2.75) is 20.3 Å². The molecule has 0 aliphatic carbocycles. The van der Waals surface area contributed by atoms with E-state index in [-0.39, 0.29) is 28.5 Å². The Kier molecular flexibility index (Phi) is 7.81. The summed E-state index contributed by atoms with van der Waals surface area (Å²) in [4.78, 5) is 43.6. The molecular formula is C33H28BrN3O5S. The number of nitrogens with one attached hydrogen (secondary N) is 3. The normalized spacial score (nSPS) is 12.3. The Morgan fingerprint density at radius 3 is 2.63 bits per heavy atom. The van der Waals surface area contributed by atoms with Crippen LogP contribution in [0.5, 0.6) is 5.75 Å². The lowest BCUT2D eigenvalue weighted by atomic mass is 9.91. The maximum Gasteiger partial charge on any atom is 0.336 e. The number of aromatic nitrogens is 1. The molecule has 4 N–H and O–H groups in total. The fourth-order valence-electron chi connectivity index (χ4n) is 5.21. The van der Waals surface area contributed by atoms with Gasteiger partial charge in [-0.25, -0.2) is 4.79 Å². The van der Waals surface area contributed by atoms with Crippen LogP contribution in [0.25, 0.3) is 32.5 Å². The molecule has 3 heterocycles. The molecule has 0 spiro atoms. The Labute approximate surface area is 260 Å². The minimum atomic E-state index is -1.21. The average molecular weight is 659 g/mol. The lowest BCUT2D eigenvalue weighted by molar-refractivity contribution is 0.0697. The first-order valence-corrected chi connectivity index (χ1v) is 15.5. The summed E-state index contributed by atoms with van der Waals surface area (Å²) >= 11 is 5.19. The van der Waals surface area contributed by atoms with Gasteiger partial charge in [0, 0.05) is 51.6 Å². The van der Waals surface area contributed by atoms with E-state index >= 15 is 0 Å². The fourth-order valence-corrected chi connectivity index (χ4v) is 6.76. The second kappa shape index (κ2) is 11.7. The zero-order valence-electron chi connectivity index (χ0n) is 23.4. The van der Waals surface area contributed by atoms with Gasteiger partial charge in [-0.1, -0.05) is 19.9 Å². The Balaban J connectivity index is 1.49. The number of fused-ring (bicyclic) bond motifs is 4. The quantitative estimate of drug-likeness (QED) is 0.144. The number of amides is 2. The van der Waals surface area contributed by atoms with Crippen molar-refractivity contribution in [3.05, 3.63) is 92.9 Å². The summed E-state index contributed by atoms with van der Waals surface area (Å²) < 4.78 is 6.86. The van der Waals surface area contributed by atoms with E-state index in [9.17, 15) is 19.5 Å². The van der Waals surface area contributed by atoms with Crippen molar-refractivity contribution < 1.29 is 24.2 Å². The van der Waals surface area contributed by atoms with Gasteiger partial charge in [0.1, 0.15) is 5.75 Å². The van der Waals surface area contributed by atoms with Crippen LogP contribution in [0.2, 0.25) is 0 Å². The molecule has 3 aromatic carbocycles. The number of rotatable bonds is 7. The number of carbonyl (C=O) groups is 3. The lowest BCUT2D eigenvalue weighted by Crippen LogP contribution is -2.27. The van der Waals surface area contributed by atoms with Crippen LogP contribution in [0.3, 0.4) is 0 Å². The number of hydrogen-bond acceptors (Lipinski definition) is 5. The highest BCUT2D eigenvalue weighted by Crippen LogP contribution is 2.44. The van der Waals surface area contributed by atoms with Crippen molar-refractivity contribution in [3.63, 3.8) is 0 Å². The van der Waals surface area contributed by atoms with Crippen LogP contribution in [0.4, 0.5) is 5.69 Å². The van der Waals surface area contributed by atoms with Crippen LogP contribution in [0, 0.1) is 5.92 Å². The first kappa shape index (κ1) is 28.7. The van der Waals surface area contributed by atoms with Gasteiger partial charge in [0.25, 0.3) is 11.8 Å². The maximum atomic E-state index is 14.1. The number of aromatic carboxylic acids is 1. The van der Waals surface area contributed by atoms with Crippen molar-refractivity contribution in [1.29, 1.82) is 0 Å². The Hall–Kier alpha value is -4.41. The third-order valence-corrected chi connectivity index (χ3v) is 9.22. The molecule has 218 valence electrons. The van der Waals surface area contributed by atoms with Gasteiger partial charge in [-0.3, -0.25) is 9.59 Å². The zero-order chi connectivity index (χ0) is 30.2.